The highest BCUT2D eigenvalue weighted by Gasteiger charge is 2.41. The fourth-order valence-corrected chi connectivity index (χ4v) is 4.20. The number of nitrogens with one attached hydrogen (secondary N) is 1. The number of carboxylic acids is 2. The number of fused-ring (bicyclic) bond motifs is 2. The molecule has 1 aromatic heterocycles. The summed E-state index contributed by atoms with van der Waals surface area (Å²) >= 11 is 0. The van der Waals surface area contributed by atoms with Gasteiger partial charge in [-0.15, -0.1) is 0 Å². The van der Waals surface area contributed by atoms with E-state index < -0.39 is 23.5 Å². The van der Waals surface area contributed by atoms with E-state index in [0.717, 1.165) is 37.2 Å². The second-order valence-corrected chi connectivity index (χ2v) is 7.33. The van der Waals surface area contributed by atoms with Gasteiger partial charge in [0.15, 0.2) is 5.76 Å². The number of aliphatic carboxylic acids is 2. The van der Waals surface area contributed by atoms with Gasteiger partial charge in [0.2, 0.25) is 0 Å². The maximum Gasteiger partial charge on any atom is 0.352 e. The predicted octanol–water partition coefficient (Wildman–Crippen LogP) is 2.15. The molecule has 150 valence electrons. The quantitative estimate of drug-likeness (QED) is 0.640. The van der Waals surface area contributed by atoms with Crippen LogP contribution >= 0.6 is 0 Å². The fraction of sp³-hybridized carbons (Fsp3) is 0.286. The molecule has 2 aromatic rings. The number of hydrogen-bond acceptors (Lipinski definition) is 5. The first-order chi connectivity index (χ1) is 13.9. The summed E-state index contributed by atoms with van der Waals surface area (Å²) in [5, 5.41) is 20.0. The van der Waals surface area contributed by atoms with E-state index in [2.05, 4.69) is 10.2 Å². The van der Waals surface area contributed by atoms with Gasteiger partial charge in [-0.25, -0.2) is 9.59 Å². The Morgan fingerprint density at radius 2 is 1.90 bits per heavy atom. The lowest BCUT2D eigenvalue weighted by Crippen LogP contribution is -2.27. The summed E-state index contributed by atoms with van der Waals surface area (Å²) in [5.74, 6) is -2.54. The molecule has 29 heavy (non-hydrogen) atoms. The van der Waals surface area contributed by atoms with Crippen LogP contribution in [0.5, 0.6) is 0 Å². The van der Waals surface area contributed by atoms with Crippen molar-refractivity contribution < 1.29 is 29.0 Å². The molecule has 8 heteroatoms. The van der Waals surface area contributed by atoms with Crippen LogP contribution in [0.3, 0.4) is 0 Å². The molecule has 3 heterocycles. The maximum atomic E-state index is 12.6. The lowest BCUT2D eigenvalue weighted by atomic mass is 9.85. The summed E-state index contributed by atoms with van der Waals surface area (Å²) < 4.78 is 5.87. The Hall–Kier alpha value is -3.39. The molecular formula is C21H20N2O6. The van der Waals surface area contributed by atoms with Gasteiger partial charge in [-0.2, -0.15) is 0 Å². The van der Waals surface area contributed by atoms with E-state index in [0.29, 0.717) is 17.8 Å². The molecule has 0 radical (unpaired) electrons. The Kier molecular flexibility index (Phi) is 4.94. The van der Waals surface area contributed by atoms with E-state index >= 15 is 0 Å². The summed E-state index contributed by atoms with van der Waals surface area (Å²) in [6.45, 7) is 3.00. The fourth-order valence-electron chi connectivity index (χ4n) is 4.20. The second kappa shape index (κ2) is 7.56. The summed E-state index contributed by atoms with van der Waals surface area (Å²) in [7, 11) is 0. The van der Waals surface area contributed by atoms with Crippen molar-refractivity contribution in [3.05, 3.63) is 59.5 Å². The van der Waals surface area contributed by atoms with Crippen LogP contribution in [0.25, 0.3) is 11.3 Å². The topological polar surface area (TPSA) is 120 Å². The first kappa shape index (κ1) is 18.9. The number of benzene rings is 1. The van der Waals surface area contributed by atoms with Gasteiger partial charge in [-0.3, -0.25) is 4.79 Å². The van der Waals surface area contributed by atoms with Crippen molar-refractivity contribution >= 4 is 17.8 Å². The number of amides is 1. The Bertz CT molecular complexity index is 994. The Labute approximate surface area is 166 Å². The van der Waals surface area contributed by atoms with Gasteiger partial charge >= 0.3 is 11.9 Å². The van der Waals surface area contributed by atoms with Crippen molar-refractivity contribution in [1.82, 2.24) is 10.2 Å². The monoisotopic (exact) mass is 396 g/mol. The SMILES string of the molecule is O=C(O)/C=C(/NC(=O)c1cc(C2CN3CC[C@@H]2C3)c(-c2ccccc2)o1)C(=O)O. The van der Waals surface area contributed by atoms with Gasteiger partial charge in [0, 0.05) is 30.1 Å². The summed E-state index contributed by atoms with van der Waals surface area (Å²) in [6.07, 6.45) is 1.53. The van der Waals surface area contributed by atoms with Gasteiger partial charge in [0.1, 0.15) is 11.5 Å². The number of piperidine rings is 1. The lowest BCUT2D eigenvalue weighted by Gasteiger charge is -2.22. The molecule has 2 unspecified atom stereocenters. The molecule has 2 aliphatic heterocycles. The van der Waals surface area contributed by atoms with Crippen LogP contribution < -0.4 is 5.32 Å². The number of carboxylic acid groups (broad SMARTS) is 2. The van der Waals surface area contributed by atoms with Crippen molar-refractivity contribution in [2.24, 2.45) is 5.92 Å². The molecule has 8 nitrogen and oxygen atoms in total. The highest BCUT2D eigenvalue weighted by Crippen LogP contribution is 2.44. The van der Waals surface area contributed by atoms with E-state index in [1.807, 2.05) is 30.3 Å². The van der Waals surface area contributed by atoms with E-state index in [1.54, 1.807) is 6.07 Å². The Morgan fingerprint density at radius 3 is 2.48 bits per heavy atom. The molecule has 2 fully saturated rings. The predicted molar refractivity (Wildman–Crippen MR) is 102 cm³/mol. The number of hydrogen-bond donors (Lipinski definition) is 3. The van der Waals surface area contributed by atoms with Crippen molar-refractivity contribution in [3.63, 3.8) is 0 Å². The largest absolute Gasteiger partial charge is 0.478 e. The van der Waals surface area contributed by atoms with Gasteiger partial charge in [-0.05, 0) is 24.9 Å². The van der Waals surface area contributed by atoms with Crippen molar-refractivity contribution in [2.75, 3.05) is 19.6 Å². The molecule has 1 aromatic carbocycles. The molecule has 2 bridgehead atoms. The molecule has 0 aliphatic carbocycles. The van der Waals surface area contributed by atoms with E-state index in [-0.39, 0.29) is 11.7 Å². The van der Waals surface area contributed by atoms with Gasteiger partial charge in [-0.1, -0.05) is 30.3 Å². The zero-order valence-corrected chi connectivity index (χ0v) is 15.5. The number of furan rings is 1. The first-order valence-corrected chi connectivity index (χ1v) is 9.33. The minimum atomic E-state index is -1.54. The highest BCUT2D eigenvalue weighted by molar-refractivity contribution is 6.02. The van der Waals surface area contributed by atoms with Crippen LogP contribution in [0.15, 0.2) is 52.6 Å². The van der Waals surface area contributed by atoms with E-state index in [4.69, 9.17) is 14.6 Å². The van der Waals surface area contributed by atoms with Crippen molar-refractivity contribution in [2.45, 2.75) is 12.3 Å². The molecule has 1 amide bonds. The minimum Gasteiger partial charge on any atom is -0.478 e. The first-order valence-electron chi connectivity index (χ1n) is 9.33. The van der Waals surface area contributed by atoms with Crippen LogP contribution in [0, 0.1) is 5.92 Å². The van der Waals surface area contributed by atoms with Gasteiger partial charge < -0.3 is 24.8 Å². The van der Waals surface area contributed by atoms with Gasteiger partial charge in [0.25, 0.3) is 5.91 Å². The van der Waals surface area contributed by atoms with Crippen molar-refractivity contribution in [1.29, 1.82) is 0 Å². The smallest absolute Gasteiger partial charge is 0.352 e. The van der Waals surface area contributed by atoms with Crippen LogP contribution in [0.4, 0.5) is 0 Å². The zero-order valence-electron chi connectivity index (χ0n) is 15.5. The molecule has 4 rings (SSSR count). The lowest BCUT2D eigenvalue weighted by molar-refractivity contribution is -0.135. The Morgan fingerprint density at radius 1 is 1.14 bits per heavy atom. The standard InChI is InChI=1S/C21H20N2O6/c24-18(25)9-16(21(27)28)22-20(26)17-8-14(15-11-23-7-6-13(15)10-23)19(29-17)12-4-2-1-3-5-12/h1-5,8-9,13,15H,6-7,10-11H2,(H,22,26)(H,24,25)(H,27,28)/b16-9+/t13-,15?/m1/s1. The molecule has 2 aliphatic rings. The summed E-state index contributed by atoms with van der Waals surface area (Å²) in [6, 6.07) is 11.1. The average molecular weight is 396 g/mol. The normalized spacial score (nSPS) is 23.2. The number of carbonyl (C=O) groups excluding carboxylic acids is 1. The van der Waals surface area contributed by atoms with Crippen LogP contribution in [0.2, 0.25) is 0 Å². The Balaban J connectivity index is 1.69. The molecular weight excluding hydrogens is 376 g/mol. The molecule has 0 spiro atoms. The second-order valence-electron chi connectivity index (χ2n) is 7.33. The average Bonchev–Trinajstić information content (AvgIpc) is 3.42. The van der Waals surface area contributed by atoms with E-state index in [9.17, 15) is 14.4 Å². The summed E-state index contributed by atoms with van der Waals surface area (Å²) in [5.41, 5.74) is 1.03. The van der Waals surface area contributed by atoms with Crippen LogP contribution in [-0.2, 0) is 9.59 Å². The molecule has 3 N–H and O–H groups in total. The number of nitrogens with zero attached hydrogens (tertiary/aromatic N) is 1. The zero-order chi connectivity index (χ0) is 20.5. The van der Waals surface area contributed by atoms with E-state index in [1.165, 1.54) is 0 Å². The van der Waals surface area contributed by atoms with Crippen LogP contribution in [0.1, 0.15) is 28.5 Å². The highest BCUT2D eigenvalue weighted by atomic mass is 16.4. The third-order valence-electron chi connectivity index (χ3n) is 5.50. The molecule has 2 saturated heterocycles. The summed E-state index contributed by atoms with van der Waals surface area (Å²) in [4.78, 5) is 37.0. The number of rotatable bonds is 6. The van der Waals surface area contributed by atoms with Crippen molar-refractivity contribution in [3.8, 4) is 11.3 Å². The minimum absolute atomic E-state index is 0.0471. The number of carbonyl (C=O) groups is 3. The maximum absolute atomic E-state index is 12.6. The van der Waals surface area contributed by atoms with Crippen LogP contribution in [-0.4, -0.2) is 52.6 Å². The van der Waals surface area contributed by atoms with Gasteiger partial charge in [0.05, 0.1) is 6.08 Å². The third kappa shape index (κ3) is 3.79. The molecule has 0 saturated carbocycles. The third-order valence-corrected chi connectivity index (χ3v) is 5.50. The molecule has 3 atom stereocenters.